The number of pyridine rings is 1. The number of rotatable bonds is 5. The van der Waals surface area contributed by atoms with Crippen molar-refractivity contribution >= 4 is 6.09 Å². The second kappa shape index (κ2) is 7.02. The third kappa shape index (κ3) is 4.03. The molecule has 118 valence electrons. The van der Waals surface area contributed by atoms with Crippen molar-refractivity contribution in [1.82, 2.24) is 24.6 Å². The van der Waals surface area contributed by atoms with E-state index in [2.05, 4.69) is 15.1 Å². The van der Waals surface area contributed by atoms with Gasteiger partial charge in [-0.15, -0.1) is 0 Å². The molecule has 2 rings (SSSR count). The average molecular weight is 303 g/mol. The Morgan fingerprint density at radius 3 is 2.82 bits per heavy atom. The number of aromatic nitrogens is 4. The largest absolute Gasteiger partial charge is 0.449 e. The van der Waals surface area contributed by atoms with Crippen molar-refractivity contribution in [3.8, 4) is 11.5 Å². The number of hydrogen-bond donors (Lipinski definition) is 0. The van der Waals surface area contributed by atoms with Gasteiger partial charge in [-0.05, 0) is 25.0 Å². The fourth-order valence-electron chi connectivity index (χ4n) is 1.85. The molecule has 7 heteroatoms. The van der Waals surface area contributed by atoms with E-state index in [1.54, 1.807) is 24.9 Å². The Hall–Kier alpha value is -2.44. The standard InChI is InChI=1S/C15H21N5O2/c1-11(2)9-22-15(21)19(4)10-20-14(17-12(3)18-20)13-7-5-6-8-16-13/h5-8,11H,9-10H2,1-4H3. The maximum atomic E-state index is 11.9. The zero-order valence-electron chi connectivity index (χ0n) is 13.4. The van der Waals surface area contributed by atoms with Crippen molar-refractivity contribution in [2.24, 2.45) is 5.92 Å². The Labute approximate surface area is 129 Å². The van der Waals surface area contributed by atoms with Crippen LogP contribution in [0.15, 0.2) is 24.4 Å². The van der Waals surface area contributed by atoms with Crippen LogP contribution in [-0.4, -0.2) is 44.4 Å². The van der Waals surface area contributed by atoms with E-state index in [1.807, 2.05) is 32.0 Å². The van der Waals surface area contributed by atoms with Crippen LogP contribution < -0.4 is 0 Å². The second-order valence-electron chi connectivity index (χ2n) is 5.51. The number of ether oxygens (including phenoxy) is 1. The van der Waals surface area contributed by atoms with Gasteiger partial charge in [0.05, 0.1) is 6.61 Å². The molecule has 0 aliphatic heterocycles. The number of carbonyl (C=O) groups is 1. The van der Waals surface area contributed by atoms with Gasteiger partial charge in [0.2, 0.25) is 0 Å². The summed E-state index contributed by atoms with van der Waals surface area (Å²) >= 11 is 0. The van der Waals surface area contributed by atoms with Crippen LogP contribution in [0.2, 0.25) is 0 Å². The highest BCUT2D eigenvalue weighted by Crippen LogP contribution is 2.14. The highest BCUT2D eigenvalue weighted by Gasteiger charge is 2.16. The lowest BCUT2D eigenvalue weighted by Crippen LogP contribution is -2.31. The highest BCUT2D eigenvalue weighted by atomic mass is 16.6. The molecule has 0 spiro atoms. The van der Waals surface area contributed by atoms with E-state index >= 15 is 0 Å². The molecule has 22 heavy (non-hydrogen) atoms. The Balaban J connectivity index is 2.11. The summed E-state index contributed by atoms with van der Waals surface area (Å²) in [5.74, 6) is 1.56. The van der Waals surface area contributed by atoms with Gasteiger partial charge >= 0.3 is 6.09 Å². The number of carbonyl (C=O) groups excluding carboxylic acids is 1. The van der Waals surface area contributed by atoms with Gasteiger partial charge in [0, 0.05) is 13.2 Å². The third-order valence-electron chi connectivity index (χ3n) is 2.87. The summed E-state index contributed by atoms with van der Waals surface area (Å²) in [5.41, 5.74) is 0.715. The van der Waals surface area contributed by atoms with Gasteiger partial charge in [0.25, 0.3) is 0 Å². The second-order valence-corrected chi connectivity index (χ2v) is 5.51. The van der Waals surface area contributed by atoms with Gasteiger partial charge in [-0.2, -0.15) is 5.10 Å². The summed E-state index contributed by atoms with van der Waals surface area (Å²) in [6.07, 6.45) is 1.32. The molecular formula is C15H21N5O2. The first-order valence-electron chi connectivity index (χ1n) is 7.18. The van der Waals surface area contributed by atoms with E-state index in [1.165, 1.54) is 4.90 Å². The predicted molar refractivity (Wildman–Crippen MR) is 81.9 cm³/mol. The molecule has 0 aromatic carbocycles. The molecule has 0 radical (unpaired) electrons. The molecule has 7 nitrogen and oxygen atoms in total. The first-order chi connectivity index (χ1) is 10.5. The molecule has 2 aromatic heterocycles. The van der Waals surface area contributed by atoms with Crippen molar-refractivity contribution in [2.75, 3.05) is 13.7 Å². The summed E-state index contributed by atoms with van der Waals surface area (Å²) in [5, 5.41) is 4.32. The van der Waals surface area contributed by atoms with Crippen LogP contribution in [0.1, 0.15) is 19.7 Å². The van der Waals surface area contributed by atoms with E-state index in [9.17, 15) is 4.79 Å². The third-order valence-corrected chi connectivity index (χ3v) is 2.87. The van der Waals surface area contributed by atoms with Crippen LogP contribution >= 0.6 is 0 Å². The van der Waals surface area contributed by atoms with Crippen LogP contribution in [0.25, 0.3) is 11.5 Å². The van der Waals surface area contributed by atoms with Gasteiger partial charge in [-0.3, -0.25) is 9.88 Å². The molecule has 1 amide bonds. The lowest BCUT2D eigenvalue weighted by atomic mass is 10.2. The summed E-state index contributed by atoms with van der Waals surface area (Å²) in [6, 6.07) is 5.58. The summed E-state index contributed by atoms with van der Waals surface area (Å²) in [4.78, 5) is 22.0. The Bertz CT molecular complexity index is 624. The smallest absolute Gasteiger partial charge is 0.410 e. The highest BCUT2D eigenvalue weighted by molar-refractivity contribution is 5.66. The van der Waals surface area contributed by atoms with E-state index in [-0.39, 0.29) is 12.8 Å². The molecule has 0 atom stereocenters. The van der Waals surface area contributed by atoms with Crippen molar-refractivity contribution in [1.29, 1.82) is 0 Å². The number of hydrogen-bond acceptors (Lipinski definition) is 5. The minimum Gasteiger partial charge on any atom is -0.449 e. The molecule has 0 N–H and O–H groups in total. The number of amides is 1. The zero-order valence-corrected chi connectivity index (χ0v) is 13.4. The molecule has 0 saturated heterocycles. The predicted octanol–water partition coefficient (Wildman–Crippen LogP) is 2.33. The monoisotopic (exact) mass is 303 g/mol. The fraction of sp³-hybridized carbons (Fsp3) is 0.467. The van der Waals surface area contributed by atoms with Crippen molar-refractivity contribution in [3.63, 3.8) is 0 Å². The van der Waals surface area contributed by atoms with Crippen molar-refractivity contribution in [2.45, 2.75) is 27.4 Å². The van der Waals surface area contributed by atoms with Gasteiger partial charge < -0.3 is 4.74 Å². The fourth-order valence-corrected chi connectivity index (χ4v) is 1.85. The summed E-state index contributed by atoms with van der Waals surface area (Å²) in [6.45, 7) is 6.44. The van der Waals surface area contributed by atoms with Crippen molar-refractivity contribution < 1.29 is 9.53 Å². The topological polar surface area (TPSA) is 73.1 Å². The van der Waals surface area contributed by atoms with Gasteiger partial charge in [0.1, 0.15) is 18.2 Å². The van der Waals surface area contributed by atoms with Crippen LogP contribution in [0.4, 0.5) is 4.79 Å². The average Bonchev–Trinajstić information content (AvgIpc) is 2.86. The quantitative estimate of drug-likeness (QED) is 0.847. The molecule has 0 unspecified atom stereocenters. The van der Waals surface area contributed by atoms with Crippen LogP contribution in [0.3, 0.4) is 0 Å². The van der Waals surface area contributed by atoms with E-state index < -0.39 is 0 Å². The molecule has 0 saturated carbocycles. The van der Waals surface area contributed by atoms with Crippen LogP contribution in [0.5, 0.6) is 0 Å². The van der Waals surface area contributed by atoms with Crippen molar-refractivity contribution in [3.05, 3.63) is 30.2 Å². The SMILES string of the molecule is Cc1nc(-c2ccccn2)n(CN(C)C(=O)OCC(C)C)n1. The lowest BCUT2D eigenvalue weighted by molar-refractivity contribution is 0.0899. The maximum Gasteiger partial charge on any atom is 0.410 e. The maximum absolute atomic E-state index is 11.9. The normalized spacial score (nSPS) is 10.8. The van der Waals surface area contributed by atoms with Crippen LogP contribution in [-0.2, 0) is 11.4 Å². The zero-order chi connectivity index (χ0) is 16.1. The number of nitrogens with zero attached hydrogens (tertiary/aromatic N) is 5. The molecule has 0 bridgehead atoms. The molecule has 0 fully saturated rings. The van der Waals surface area contributed by atoms with Gasteiger partial charge in [-0.25, -0.2) is 14.5 Å². The number of aryl methyl sites for hydroxylation is 1. The van der Waals surface area contributed by atoms with Gasteiger partial charge in [0.15, 0.2) is 5.82 Å². The van der Waals surface area contributed by atoms with E-state index in [0.717, 1.165) is 0 Å². The Morgan fingerprint density at radius 2 is 2.18 bits per heavy atom. The van der Waals surface area contributed by atoms with E-state index in [0.29, 0.717) is 29.9 Å². The Morgan fingerprint density at radius 1 is 1.41 bits per heavy atom. The molecular weight excluding hydrogens is 282 g/mol. The molecule has 0 aliphatic rings. The summed E-state index contributed by atoms with van der Waals surface area (Å²) < 4.78 is 6.85. The van der Waals surface area contributed by atoms with E-state index in [4.69, 9.17) is 4.74 Å². The molecule has 0 aliphatic carbocycles. The Kier molecular flexibility index (Phi) is 5.08. The minimum absolute atomic E-state index is 0.254. The molecule has 2 heterocycles. The molecule has 2 aromatic rings. The minimum atomic E-state index is -0.381. The first-order valence-corrected chi connectivity index (χ1v) is 7.18. The lowest BCUT2D eigenvalue weighted by Gasteiger charge is -2.18. The van der Waals surface area contributed by atoms with Crippen LogP contribution in [0, 0.1) is 12.8 Å². The van der Waals surface area contributed by atoms with Gasteiger partial charge in [-0.1, -0.05) is 19.9 Å². The first kappa shape index (κ1) is 15.9. The summed E-state index contributed by atoms with van der Waals surface area (Å²) in [7, 11) is 1.67.